The van der Waals surface area contributed by atoms with Gasteiger partial charge in [-0.1, -0.05) is 19.6 Å². The van der Waals surface area contributed by atoms with Gasteiger partial charge in [-0.3, -0.25) is 0 Å². The number of rotatable bonds is 6. The summed E-state index contributed by atoms with van der Waals surface area (Å²) in [7, 11) is -1.11. The van der Waals surface area contributed by atoms with Gasteiger partial charge in [0.1, 0.15) is 12.1 Å². The van der Waals surface area contributed by atoms with Crippen LogP contribution in [-0.4, -0.2) is 34.1 Å². The Hall–Kier alpha value is -1.80. The average Bonchev–Trinajstić information content (AvgIpc) is 2.76. The summed E-state index contributed by atoms with van der Waals surface area (Å²) in [5.74, 6) is -0.171. The molecule has 0 saturated carbocycles. The molecular formula is C12H18N4O3Si. The van der Waals surface area contributed by atoms with E-state index in [0.717, 1.165) is 6.04 Å². The van der Waals surface area contributed by atoms with Crippen LogP contribution >= 0.6 is 0 Å². The summed E-state index contributed by atoms with van der Waals surface area (Å²) in [6, 6.07) is 2.73. The van der Waals surface area contributed by atoms with Crippen molar-refractivity contribution in [2.24, 2.45) is 0 Å². The first-order valence-electron chi connectivity index (χ1n) is 6.40. The van der Waals surface area contributed by atoms with Crippen molar-refractivity contribution < 1.29 is 9.66 Å². The van der Waals surface area contributed by atoms with Gasteiger partial charge in [0, 0.05) is 20.9 Å². The molecule has 0 atom stereocenters. The van der Waals surface area contributed by atoms with Crippen LogP contribution in [0, 0.1) is 10.1 Å². The Kier molecular flexibility index (Phi) is 4.14. The van der Waals surface area contributed by atoms with Crippen molar-refractivity contribution in [1.29, 1.82) is 0 Å². The molecule has 0 bridgehead atoms. The van der Waals surface area contributed by atoms with Gasteiger partial charge in [0.2, 0.25) is 6.33 Å². The molecule has 2 heterocycles. The summed E-state index contributed by atoms with van der Waals surface area (Å²) in [4.78, 5) is 18.2. The summed E-state index contributed by atoms with van der Waals surface area (Å²) in [6.45, 7) is 7.92. The summed E-state index contributed by atoms with van der Waals surface area (Å²) < 4.78 is 7.39. The van der Waals surface area contributed by atoms with Crippen molar-refractivity contribution >= 4 is 24.9 Å². The van der Waals surface area contributed by atoms with E-state index >= 15 is 0 Å². The fraction of sp³-hybridized carbons (Fsp3) is 0.500. The van der Waals surface area contributed by atoms with Crippen molar-refractivity contribution in [2.75, 3.05) is 6.61 Å². The molecule has 20 heavy (non-hydrogen) atoms. The minimum atomic E-state index is -1.11. The molecule has 0 N–H and O–H groups in total. The van der Waals surface area contributed by atoms with Crippen LogP contribution in [0.25, 0.3) is 11.0 Å². The Morgan fingerprint density at radius 1 is 1.40 bits per heavy atom. The minimum absolute atomic E-state index is 0.171. The predicted molar refractivity (Wildman–Crippen MR) is 78.3 cm³/mol. The maximum Gasteiger partial charge on any atom is 0.376 e. The highest BCUT2D eigenvalue weighted by molar-refractivity contribution is 6.76. The second kappa shape index (κ2) is 5.67. The molecule has 108 valence electrons. The van der Waals surface area contributed by atoms with Gasteiger partial charge in [0.15, 0.2) is 5.65 Å². The van der Waals surface area contributed by atoms with Gasteiger partial charge < -0.3 is 19.4 Å². The highest BCUT2D eigenvalue weighted by atomic mass is 28.3. The monoisotopic (exact) mass is 294 g/mol. The van der Waals surface area contributed by atoms with Gasteiger partial charge in [-0.15, -0.1) is 0 Å². The van der Waals surface area contributed by atoms with Gasteiger partial charge in [-0.05, 0) is 22.0 Å². The van der Waals surface area contributed by atoms with Crippen LogP contribution in [0.5, 0.6) is 0 Å². The molecule has 0 spiro atoms. The van der Waals surface area contributed by atoms with Gasteiger partial charge in [0.25, 0.3) is 0 Å². The zero-order chi connectivity index (χ0) is 14.8. The first kappa shape index (κ1) is 14.6. The number of hydrogen-bond acceptors (Lipinski definition) is 5. The largest absolute Gasteiger partial charge is 0.376 e. The highest BCUT2D eigenvalue weighted by Gasteiger charge is 2.17. The lowest BCUT2D eigenvalue weighted by Crippen LogP contribution is -2.22. The first-order valence-corrected chi connectivity index (χ1v) is 10.1. The number of hydrogen-bond donors (Lipinski definition) is 0. The van der Waals surface area contributed by atoms with Crippen LogP contribution in [0.4, 0.5) is 5.82 Å². The van der Waals surface area contributed by atoms with E-state index in [0.29, 0.717) is 24.4 Å². The molecule has 0 amide bonds. The predicted octanol–water partition coefficient (Wildman–Crippen LogP) is 2.65. The Balaban J connectivity index is 2.08. The Morgan fingerprint density at radius 2 is 2.15 bits per heavy atom. The molecule has 0 fully saturated rings. The third-order valence-electron chi connectivity index (χ3n) is 2.93. The first-order chi connectivity index (χ1) is 9.38. The Labute approximate surface area is 117 Å². The lowest BCUT2D eigenvalue weighted by Gasteiger charge is -2.15. The standard InChI is InChI=1S/C12H18N4O3Si/c1-20(2,3)7-6-19-9-15-5-4-10-11(15)13-8-14-12(10)16(17)18/h4-5,8H,6-7,9H2,1-3H3. The fourth-order valence-electron chi connectivity index (χ4n) is 1.78. The van der Waals surface area contributed by atoms with Crippen LogP contribution in [0.1, 0.15) is 0 Å². The lowest BCUT2D eigenvalue weighted by atomic mass is 10.4. The molecule has 0 aliphatic rings. The summed E-state index contributed by atoms with van der Waals surface area (Å²) in [5.41, 5.74) is 0.528. The summed E-state index contributed by atoms with van der Waals surface area (Å²) in [5, 5.41) is 11.3. The second-order valence-corrected chi connectivity index (χ2v) is 11.4. The molecule has 7 nitrogen and oxygen atoms in total. The van der Waals surface area contributed by atoms with Gasteiger partial charge >= 0.3 is 5.82 Å². The second-order valence-electron chi connectivity index (χ2n) is 5.83. The molecule has 8 heteroatoms. The number of ether oxygens (including phenoxy) is 1. The smallest absolute Gasteiger partial charge is 0.361 e. The van der Waals surface area contributed by atoms with Crippen LogP contribution in [0.2, 0.25) is 25.7 Å². The van der Waals surface area contributed by atoms with E-state index in [-0.39, 0.29) is 5.82 Å². The van der Waals surface area contributed by atoms with Gasteiger partial charge in [0.05, 0.1) is 0 Å². The highest BCUT2D eigenvalue weighted by Crippen LogP contribution is 2.21. The molecule has 0 aliphatic carbocycles. The zero-order valence-electron chi connectivity index (χ0n) is 11.9. The molecular weight excluding hydrogens is 276 g/mol. The van der Waals surface area contributed by atoms with Crippen molar-refractivity contribution in [1.82, 2.24) is 14.5 Å². The van der Waals surface area contributed by atoms with Crippen LogP contribution in [-0.2, 0) is 11.5 Å². The topological polar surface area (TPSA) is 83.1 Å². The number of nitro groups is 1. The maximum atomic E-state index is 10.9. The number of nitrogens with zero attached hydrogens (tertiary/aromatic N) is 4. The number of aromatic nitrogens is 3. The molecule has 2 aromatic heterocycles. The van der Waals surface area contributed by atoms with Crippen LogP contribution < -0.4 is 0 Å². The van der Waals surface area contributed by atoms with E-state index in [2.05, 4.69) is 29.6 Å². The SMILES string of the molecule is C[Si](C)(C)CCOCn1ccc2c([N+](=O)[O-])ncnc21. The van der Waals surface area contributed by atoms with Crippen molar-refractivity contribution in [2.45, 2.75) is 32.4 Å². The molecule has 0 aromatic carbocycles. The zero-order valence-corrected chi connectivity index (χ0v) is 12.9. The van der Waals surface area contributed by atoms with E-state index in [4.69, 9.17) is 4.74 Å². The average molecular weight is 294 g/mol. The van der Waals surface area contributed by atoms with E-state index in [9.17, 15) is 10.1 Å². The Morgan fingerprint density at radius 3 is 2.80 bits per heavy atom. The maximum absolute atomic E-state index is 10.9. The molecule has 2 rings (SSSR count). The van der Waals surface area contributed by atoms with Crippen LogP contribution in [0.3, 0.4) is 0 Å². The molecule has 2 aromatic rings. The van der Waals surface area contributed by atoms with E-state index < -0.39 is 13.0 Å². The van der Waals surface area contributed by atoms with Crippen molar-refractivity contribution in [3.63, 3.8) is 0 Å². The van der Waals surface area contributed by atoms with Gasteiger partial charge in [-0.25, -0.2) is 0 Å². The molecule has 0 radical (unpaired) electrons. The molecule has 0 aliphatic heterocycles. The van der Waals surface area contributed by atoms with E-state index in [1.54, 1.807) is 16.8 Å². The quantitative estimate of drug-likeness (QED) is 0.354. The van der Waals surface area contributed by atoms with Gasteiger partial charge in [-0.2, -0.15) is 4.98 Å². The third-order valence-corrected chi connectivity index (χ3v) is 4.64. The lowest BCUT2D eigenvalue weighted by molar-refractivity contribution is -0.387. The number of fused-ring (bicyclic) bond motifs is 1. The normalized spacial score (nSPS) is 11.9. The van der Waals surface area contributed by atoms with Crippen molar-refractivity contribution in [3.05, 3.63) is 28.7 Å². The van der Waals surface area contributed by atoms with Crippen molar-refractivity contribution in [3.8, 4) is 0 Å². The fourth-order valence-corrected chi connectivity index (χ4v) is 2.54. The Bertz CT molecular complexity index is 621. The third kappa shape index (κ3) is 3.39. The van der Waals surface area contributed by atoms with Crippen LogP contribution in [0.15, 0.2) is 18.6 Å². The summed E-state index contributed by atoms with van der Waals surface area (Å²) in [6.07, 6.45) is 2.94. The summed E-state index contributed by atoms with van der Waals surface area (Å²) >= 11 is 0. The van der Waals surface area contributed by atoms with E-state index in [1.165, 1.54) is 6.33 Å². The molecule has 0 saturated heterocycles. The van der Waals surface area contributed by atoms with E-state index in [1.807, 2.05) is 0 Å². The minimum Gasteiger partial charge on any atom is -0.361 e. The molecule has 0 unspecified atom stereocenters.